The van der Waals surface area contributed by atoms with E-state index in [1.807, 2.05) is 0 Å². The summed E-state index contributed by atoms with van der Waals surface area (Å²) in [7, 11) is 0. The summed E-state index contributed by atoms with van der Waals surface area (Å²) in [5.74, 6) is -0.295. The number of hydrogen-bond acceptors (Lipinski definition) is 3. The first-order chi connectivity index (χ1) is 11.1. The van der Waals surface area contributed by atoms with Gasteiger partial charge in [0.05, 0.1) is 10.6 Å². The lowest BCUT2D eigenvalue weighted by Crippen LogP contribution is -2.36. The number of nitrogens with two attached hydrogens (primary N) is 1. The smallest absolute Gasteiger partial charge is 0.253 e. The van der Waals surface area contributed by atoms with Gasteiger partial charge in [-0.3, -0.25) is 9.59 Å². The van der Waals surface area contributed by atoms with E-state index < -0.39 is 0 Å². The van der Waals surface area contributed by atoms with E-state index in [0.717, 1.165) is 25.7 Å². The van der Waals surface area contributed by atoms with Gasteiger partial charge in [-0.15, -0.1) is 12.4 Å². The maximum Gasteiger partial charge on any atom is 0.253 e. The summed E-state index contributed by atoms with van der Waals surface area (Å²) >= 11 is 6.14. The van der Waals surface area contributed by atoms with Crippen molar-refractivity contribution in [1.29, 1.82) is 0 Å². The molecule has 134 valence electrons. The van der Waals surface area contributed by atoms with Crippen LogP contribution in [0.2, 0.25) is 5.02 Å². The van der Waals surface area contributed by atoms with Crippen LogP contribution in [0.1, 0.15) is 55.3 Å². The average Bonchev–Trinajstić information content (AvgIpc) is 2.55. The van der Waals surface area contributed by atoms with E-state index in [-0.39, 0.29) is 30.3 Å². The third kappa shape index (κ3) is 6.30. The van der Waals surface area contributed by atoms with Crippen molar-refractivity contribution in [3.05, 3.63) is 28.8 Å². The zero-order valence-electron chi connectivity index (χ0n) is 13.6. The SMILES string of the molecule is Cl.NCCCC(=O)Nc1ccc(Cl)c(C(=O)NC2CCCCC2)c1. The van der Waals surface area contributed by atoms with Crippen LogP contribution in [0.4, 0.5) is 5.69 Å². The van der Waals surface area contributed by atoms with E-state index in [1.165, 1.54) is 6.42 Å². The number of halogens is 2. The molecule has 1 saturated carbocycles. The van der Waals surface area contributed by atoms with Crippen LogP contribution in [-0.4, -0.2) is 24.4 Å². The van der Waals surface area contributed by atoms with Gasteiger partial charge >= 0.3 is 0 Å². The number of benzene rings is 1. The van der Waals surface area contributed by atoms with Gasteiger partial charge in [-0.2, -0.15) is 0 Å². The molecule has 0 unspecified atom stereocenters. The van der Waals surface area contributed by atoms with Crippen molar-refractivity contribution in [2.75, 3.05) is 11.9 Å². The average molecular weight is 374 g/mol. The minimum atomic E-state index is -0.181. The highest BCUT2D eigenvalue weighted by atomic mass is 35.5. The number of carbonyl (C=O) groups is 2. The Morgan fingerprint density at radius 3 is 2.58 bits per heavy atom. The van der Waals surface area contributed by atoms with Gasteiger partial charge in [-0.05, 0) is 44.0 Å². The largest absolute Gasteiger partial charge is 0.349 e. The molecule has 1 aromatic rings. The Balaban J connectivity index is 0.00000288. The normalized spacial score (nSPS) is 14.6. The van der Waals surface area contributed by atoms with E-state index in [2.05, 4.69) is 10.6 Å². The summed E-state index contributed by atoms with van der Waals surface area (Å²) < 4.78 is 0. The second kappa shape index (κ2) is 10.5. The van der Waals surface area contributed by atoms with Crippen molar-refractivity contribution in [2.24, 2.45) is 5.73 Å². The van der Waals surface area contributed by atoms with E-state index in [9.17, 15) is 9.59 Å². The lowest BCUT2D eigenvalue weighted by Gasteiger charge is -2.23. The molecule has 1 fully saturated rings. The van der Waals surface area contributed by atoms with Gasteiger partial charge in [-0.25, -0.2) is 0 Å². The molecular weight excluding hydrogens is 349 g/mol. The molecule has 0 atom stereocenters. The second-order valence-corrected chi connectivity index (χ2v) is 6.35. The number of anilines is 1. The van der Waals surface area contributed by atoms with Crippen molar-refractivity contribution >= 4 is 41.5 Å². The van der Waals surface area contributed by atoms with Crippen molar-refractivity contribution in [3.63, 3.8) is 0 Å². The summed E-state index contributed by atoms with van der Waals surface area (Å²) in [6, 6.07) is 5.17. The van der Waals surface area contributed by atoms with Gasteiger partial charge in [0.1, 0.15) is 0 Å². The molecule has 2 rings (SSSR count). The van der Waals surface area contributed by atoms with Crippen molar-refractivity contribution in [3.8, 4) is 0 Å². The van der Waals surface area contributed by atoms with E-state index in [4.69, 9.17) is 17.3 Å². The number of rotatable bonds is 6. The van der Waals surface area contributed by atoms with E-state index in [1.54, 1.807) is 18.2 Å². The zero-order chi connectivity index (χ0) is 16.7. The number of hydrogen-bond donors (Lipinski definition) is 3. The van der Waals surface area contributed by atoms with E-state index >= 15 is 0 Å². The molecule has 0 saturated heterocycles. The Morgan fingerprint density at radius 2 is 1.92 bits per heavy atom. The van der Waals surface area contributed by atoms with Gasteiger partial charge in [0, 0.05) is 18.2 Å². The number of carbonyl (C=O) groups excluding carboxylic acids is 2. The quantitative estimate of drug-likeness (QED) is 0.713. The molecule has 1 aliphatic carbocycles. The molecular formula is C17H25Cl2N3O2. The van der Waals surface area contributed by atoms with Gasteiger partial charge in [0.25, 0.3) is 5.91 Å². The van der Waals surface area contributed by atoms with Gasteiger partial charge in [0.2, 0.25) is 5.91 Å². The molecule has 0 radical (unpaired) electrons. The predicted molar refractivity (Wildman–Crippen MR) is 100.0 cm³/mol. The topological polar surface area (TPSA) is 84.2 Å². The Kier molecular flexibility index (Phi) is 9.11. The predicted octanol–water partition coefficient (Wildman–Crippen LogP) is 3.50. The molecule has 0 heterocycles. The third-order valence-electron chi connectivity index (χ3n) is 4.04. The molecule has 2 amide bonds. The van der Waals surface area contributed by atoms with Crippen molar-refractivity contribution in [1.82, 2.24) is 5.32 Å². The molecule has 0 bridgehead atoms. The second-order valence-electron chi connectivity index (χ2n) is 5.94. The highest BCUT2D eigenvalue weighted by Gasteiger charge is 2.18. The maximum atomic E-state index is 12.4. The Morgan fingerprint density at radius 1 is 1.21 bits per heavy atom. The lowest BCUT2D eigenvalue weighted by molar-refractivity contribution is -0.116. The fraction of sp³-hybridized carbons (Fsp3) is 0.529. The molecule has 1 aliphatic rings. The first kappa shape index (κ1) is 20.7. The van der Waals surface area contributed by atoms with Crippen molar-refractivity contribution < 1.29 is 9.59 Å². The third-order valence-corrected chi connectivity index (χ3v) is 4.37. The fourth-order valence-corrected chi connectivity index (χ4v) is 2.98. The first-order valence-electron chi connectivity index (χ1n) is 8.20. The zero-order valence-corrected chi connectivity index (χ0v) is 15.2. The van der Waals surface area contributed by atoms with E-state index in [0.29, 0.717) is 35.7 Å². The van der Waals surface area contributed by atoms with Crippen LogP contribution in [0, 0.1) is 0 Å². The number of nitrogens with one attached hydrogen (secondary N) is 2. The highest BCUT2D eigenvalue weighted by Crippen LogP contribution is 2.23. The monoisotopic (exact) mass is 373 g/mol. The van der Waals surface area contributed by atoms with Crippen LogP contribution < -0.4 is 16.4 Å². The number of amides is 2. The van der Waals surface area contributed by atoms with Gasteiger partial charge in [0.15, 0.2) is 0 Å². The highest BCUT2D eigenvalue weighted by molar-refractivity contribution is 6.34. The van der Waals surface area contributed by atoms with Gasteiger partial charge in [-0.1, -0.05) is 30.9 Å². The summed E-state index contributed by atoms with van der Waals surface area (Å²) in [5.41, 5.74) is 6.36. The van der Waals surface area contributed by atoms with Crippen LogP contribution in [0.5, 0.6) is 0 Å². The molecule has 5 nitrogen and oxygen atoms in total. The summed E-state index contributed by atoms with van der Waals surface area (Å²) in [6.45, 7) is 0.475. The summed E-state index contributed by atoms with van der Waals surface area (Å²) in [5, 5.41) is 6.20. The standard InChI is InChI=1S/C17H24ClN3O2.ClH/c18-15-9-8-13(20-16(22)7-4-10-19)11-14(15)17(23)21-12-5-2-1-3-6-12;/h8-9,11-12H,1-7,10,19H2,(H,20,22)(H,21,23);1H. The molecule has 0 aromatic heterocycles. The summed E-state index contributed by atoms with van der Waals surface area (Å²) in [6.07, 6.45) is 6.55. The van der Waals surface area contributed by atoms with Crippen LogP contribution in [0.15, 0.2) is 18.2 Å². The molecule has 7 heteroatoms. The molecule has 0 aliphatic heterocycles. The Labute approximate surface area is 154 Å². The minimum absolute atomic E-state index is 0. The maximum absolute atomic E-state index is 12.4. The molecule has 1 aromatic carbocycles. The van der Waals surface area contributed by atoms with Crippen molar-refractivity contribution in [2.45, 2.75) is 51.0 Å². The van der Waals surface area contributed by atoms with Crippen LogP contribution >= 0.6 is 24.0 Å². The van der Waals surface area contributed by atoms with Crippen LogP contribution in [0.25, 0.3) is 0 Å². The molecule has 24 heavy (non-hydrogen) atoms. The fourth-order valence-electron chi connectivity index (χ4n) is 2.77. The van der Waals surface area contributed by atoms with Gasteiger partial charge < -0.3 is 16.4 Å². The Bertz CT molecular complexity index is 561. The van der Waals surface area contributed by atoms with Crippen LogP contribution in [-0.2, 0) is 4.79 Å². The summed E-state index contributed by atoms with van der Waals surface area (Å²) in [4.78, 5) is 24.2. The van der Waals surface area contributed by atoms with Crippen LogP contribution in [0.3, 0.4) is 0 Å². The minimum Gasteiger partial charge on any atom is -0.349 e. The molecule has 0 spiro atoms. The first-order valence-corrected chi connectivity index (χ1v) is 8.58. The lowest BCUT2D eigenvalue weighted by atomic mass is 9.95. The molecule has 4 N–H and O–H groups in total. The Hall–Kier alpha value is -1.30.